The minimum Gasteiger partial charge on any atom is -0.326 e. The molecule has 1 heterocycles. The minimum atomic E-state index is -3.29. The Labute approximate surface area is 205 Å². The van der Waals surface area contributed by atoms with Gasteiger partial charge in [0, 0.05) is 17.6 Å². The highest BCUT2D eigenvalue weighted by Crippen LogP contribution is 2.30. The maximum Gasteiger partial charge on any atom is 0.226 e. The van der Waals surface area contributed by atoms with E-state index in [0.29, 0.717) is 12.3 Å². The summed E-state index contributed by atoms with van der Waals surface area (Å²) in [5.74, 6) is 0.617. The van der Waals surface area contributed by atoms with E-state index >= 15 is 0 Å². The normalized spacial score (nSPS) is 16.5. The summed E-state index contributed by atoms with van der Waals surface area (Å²) in [7, 11) is -3.29. The lowest BCUT2D eigenvalue weighted by Crippen LogP contribution is -2.37. The molecule has 1 saturated heterocycles. The Hall–Kier alpha value is -2.22. The van der Waals surface area contributed by atoms with Crippen molar-refractivity contribution in [3.63, 3.8) is 0 Å². The quantitative estimate of drug-likeness (QED) is 0.473. The topological polar surface area (TPSA) is 78.5 Å². The molecule has 1 amide bonds. The maximum atomic E-state index is 12.4. The van der Waals surface area contributed by atoms with Crippen molar-refractivity contribution in [1.29, 1.82) is 0 Å². The summed E-state index contributed by atoms with van der Waals surface area (Å²) >= 11 is 0. The molecule has 34 heavy (non-hydrogen) atoms. The van der Waals surface area contributed by atoms with Gasteiger partial charge in [-0.05, 0) is 74.5 Å². The average Bonchev–Trinajstić information content (AvgIpc) is 2.82. The molecule has 2 aromatic carbocycles. The number of nitrogens with zero attached hydrogens (tertiary/aromatic N) is 1. The number of rotatable bonds is 11. The van der Waals surface area contributed by atoms with Gasteiger partial charge in [-0.1, -0.05) is 63.2 Å². The second kappa shape index (κ2) is 12.5. The number of anilines is 1. The molecule has 7 heteroatoms. The van der Waals surface area contributed by atoms with Crippen LogP contribution in [0, 0.1) is 5.92 Å². The highest BCUT2D eigenvalue weighted by Gasteiger charge is 2.24. The summed E-state index contributed by atoms with van der Waals surface area (Å²) in [6.07, 6.45) is 3.46. The van der Waals surface area contributed by atoms with Crippen LogP contribution >= 0.6 is 0 Å². The van der Waals surface area contributed by atoms with E-state index in [-0.39, 0.29) is 23.6 Å². The lowest BCUT2D eigenvalue weighted by Gasteiger charge is -2.33. The molecule has 2 N–H and O–H groups in total. The van der Waals surface area contributed by atoms with E-state index < -0.39 is 10.0 Å². The SMILES string of the molecule is CCCS(=O)(=O)N[C@@H](CCN1CCC(c2cccc(NC(=O)C(C)C)c2)CC1)c1ccccc1. The Morgan fingerprint density at radius 1 is 1.06 bits per heavy atom. The van der Waals surface area contributed by atoms with Crippen molar-refractivity contribution in [2.45, 2.75) is 58.4 Å². The third-order valence-electron chi connectivity index (χ3n) is 6.47. The Bertz CT molecular complexity index is 1020. The van der Waals surface area contributed by atoms with E-state index in [1.807, 2.05) is 63.2 Å². The molecular weight excluding hydrogens is 446 g/mol. The van der Waals surface area contributed by atoms with E-state index in [1.165, 1.54) is 5.56 Å². The molecule has 1 fully saturated rings. The molecule has 0 radical (unpaired) electrons. The van der Waals surface area contributed by atoms with Gasteiger partial charge in [0.15, 0.2) is 0 Å². The molecule has 186 valence electrons. The van der Waals surface area contributed by atoms with E-state index in [2.05, 4.69) is 27.1 Å². The Kier molecular flexibility index (Phi) is 9.68. The summed E-state index contributed by atoms with van der Waals surface area (Å²) in [5.41, 5.74) is 3.15. The second-order valence-corrected chi connectivity index (χ2v) is 11.4. The van der Waals surface area contributed by atoms with Crippen molar-refractivity contribution in [2.75, 3.05) is 30.7 Å². The fourth-order valence-electron chi connectivity index (χ4n) is 4.48. The first-order chi connectivity index (χ1) is 16.3. The monoisotopic (exact) mass is 485 g/mol. The van der Waals surface area contributed by atoms with Gasteiger partial charge in [-0.3, -0.25) is 4.79 Å². The zero-order valence-electron chi connectivity index (χ0n) is 20.7. The zero-order chi connectivity index (χ0) is 24.6. The van der Waals surface area contributed by atoms with Gasteiger partial charge in [0.05, 0.1) is 5.75 Å². The number of likely N-dealkylation sites (tertiary alicyclic amines) is 1. The number of amides is 1. The Morgan fingerprint density at radius 3 is 2.41 bits per heavy atom. The number of carbonyl (C=O) groups excluding carboxylic acids is 1. The molecule has 1 aliphatic heterocycles. The molecule has 6 nitrogen and oxygen atoms in total. The Morgan fingerprint density at radius 2 is 1.76 bits per heavy atom. The van der Waals surface area contributed by atoms with Gasteiger partial charge in [0.1, 0.15) is 0 Å². The second-order valence-electron chi connectivity index (χ2n) is 9.57. The van der Waals surface area contributed by atoms with Gasteiger partial charge in [0.2, 0.25) is 15.9 Å². The smallest absolute Gasteiger partial charge is 0.226 e. The number of carbonyl (C=O) groups is 1. The van der Waals surface area contributed by atoms with E-state index in [0.717, 1.165) is 50.1 Å². The predicted octanol–water partition coefficient (Wildman–Crippen LogP) is 4.92. The molecule has 3 rings (SSSR count). The summed E-state index contributed by atoms with van der Waals surface area (Å²) < 4.78 is 27.8. The van der Waals surface area contributed by atoms with Gasteiger partial charge in [0.25, 0.3) is 0 Å². The highest BCUT2D eigenvalue weighted by molar-refractivity contribution is 7.89. The van der Waals surface area contributed by atoms with Crippen molar-refractivity contribution < 1.29 is 13.2 Å². The van der Waals surface area contributed by atoms with Crippen molar-refractivity contribution in [2.24, 2.45) is 5.92 Å². The molecule has 0 unspecified atom stereocenters. The minimum absolute atomic E-state index is 0.0366. The van der Waals surface area contributed by atoms with Crippen LogP contribution < -0.4 is 10.0 Å². The number of nitrogens with one attached hydrogen (secondary N) is 2. The van der Waals surface area contributed by atoms with Crippen LogP contribution in [0.1, 0.15) is 69.5 Å². The number of benzene rings is 2. The standard InChI is InChI=1S/C27H39N3O3S/c1-4-19-34(32,33)29-26(23-9-6-5-7-10-23)15-18-30-16-13-22(14-17-30)24-11-8-12-25(20-24)28-27(31)21(2)3/h5-12,20-22,26,29H,4,13-19H2,1-3H3,(H,28,31)/t26-/m0/s1. The molecule has 2 aromatic rings. The van der Waals surface area contributed by atoms with Crippen LogP contribution in [0.2, 0.25) is 0 Å². The van der Waals surface area contributed by atoms with Crippen LogP contribution in [0.15, 0.2) is 54.6 Å². The van der Waals surface area contributed by atoms with E-state index in [1.54, 1.807) is 0 Å². The predicted molar refractivity (Wildman–Crippen MR) is 139 cm³/mol. The van der Waals surface area contributed by atoms with Crippen molar-refractivity contribution in [3.8, 4) is 0 Å². The first-order valence-electron chi connectivity index (χ1n) is 12.5. The number of piperidine rings is 1. The molecule has 0 aromatic heterocycles. The van der Waals surface area contributed by atoms with Crippen molar-refractivity contribution in [3.05, 3.63) is 65.7 Å². The summed E-state index contributed by atoms with van der Waals surface area (Å²) in [4.78, 5) is 14.5. The average molecular weight is 486 g/mol. The van der Waals surface area contributed by atoms with E-state index in [9.17, 15) is 13.2 Å². The molecule has 0 spiro atoms. The van der Waals surface area contributed by atoms with Gasteiger partial charge < -0.3 is 10.2 Å². The lowest BCUT2D eigenvalue weighted by atomic mass is 9.89. The third-order valence-corrected chi connectivity index (χ3v) is 8.06. The maximum absolute atomic E-state index is 12.4. The molecule has 1 aliphatic rings. The highest BCUT2D eigenvalue weighted by atomic mass is 32.2. The first-order valence-corrected chi connectivity index (χ1v) is 14.1. The van der Waals surface area contributed by atoms with Gasteiger partial charge in [-0.25, -0.2) is 13.1 Å². The summed E-state index contributed by atoms with van der Waals surface area (Å²) in [6, 6.07) is 17.9. The van der Waals surface area contributed by atoms with Crippen molar-refractivity contribution in [1.82, 2.24) is 9.62 Å². The van der Waals surface area contributed by atoms with Gasteiger partial charge in [-0.15, -0.1) is 0 Å². The molecule has 1 atom stereocenters. The Balaban J connectivity index is 1.56. The first kappa shape index (κ1) is 26.4. The van der Waals surface area contributed by atoms with Gasteiger partial charge >= 0.3 is 0 Å². The van der Waals surface area contributed by atoms with Crippen LogP contribution in [0.5, 0.6) is 0 Å². The van der Waals surface area contributed by atoms with Crippen LogP contribution in [0.3, 0.4) is 0 Å². The molecule has 0 aliphatic carbocycles. The van der Waals surface area contributed by atoms with Crippen LogP contribution in [-0.4, -0.2) is 44.6 Å². The fourth-order valence-corrected chi connectivity index (χ4v) is 5.82. The molecule has 0 bridgehead atoms. The molecule has 0 saturated carbocycles. The van der Waals surface area contributed by atoms with Crippen LogP contribution in [0.25, 0.3) is 0 Å². The summed E-state index contributed by atoms with van der Waals surface area (Å²) in [6.45, 7) is 8.49. The zero-order valence-corrected chi connectivity index (χ0v) is 21.5. The third kappa shape index (κ3) is 7.93. The number of sulfonamides is 1. The molecular formula is C27H39N3O3S. The fraction of sp³-hybridized carbons (Fsp3) is 0.519. The summed E-state index contributed by atoms with van der Waals surface area (Å²) in [5, 5.41) is 3.00. The number of hydrogen-bond donors (Lipinski definition) is 2. The largest absolute Gasteiger partial charge is 0.326 e. The van der Waals surface area contributed by atoms with Crippen LogP contribution in [0.4, 0.5) is 5.69 Å². The van der Waals surface area contributed by atoms with Gasteiger partial charge in [-0.2, -0.15) is 0 Å². The lowest BCUT2D eigenvalue weighted by molar-refractivity contribution is -0.118. The van der Waals surface area contributed by atoms with Crippen molar-refractivity contribution >= 4 is 21.6 Å². The number of hydrogen-bond acceptors (Lipinski definition) is 4. The van der Waals surface area contributed by atoms with E-state index in [4.69, 9.17) is 0 Å². The van der Waals surface area contributed by atoms with Crippen LogP contribution in [-0.2, 0) is 14.8 Å².